The van der Waals surface area contributed by atoms with Gasteiger partial charge in [-0.15, -0.1) is 0 Å². The molecule has 0 atom stereocenters. The molecule has 0 bridgehead atoms. The molecular weight excluding hydrogens is 222 g/mol. The summed E-state index contributed by atoms with van der Waals surface area (Å²) in [6, 6.07) is 10.4. The molecule has 0 radical (unpaired) electrons. The Kier molecular flexibility index (Phi) is 4.07. The van der Waals surface area contributed by atoms with E-state index in [0.29, 0.717) is 0 Å². The van der Waals surface area contributed by atoms with E-state index in [4.69, 9.17) is 4.42 Å². The van der Waals surface area contributed by atoms with Gasteiger partial charge in [0.2, 0.25) is 0 Å². The van der Waals surface area contributed by atoms with Crippen molar-refractivity contribution in [1.29, 1.82) is 0 Å². The molecule has 0 fully saturated rings. The Morgan fingerprint density at radius 1 is 1.17 bits per heavy atom. The first-order valence-electron chi connectivity index (χ1n) is 6.83. The molecule has 18 heavy (non-hydrogen) atoms. The van der Waals surface area contributed by atoms with Gasteiger partial charge in [-0.2, -0.15) is 0 Å². The Morgan fingerprint density at radius 2 is 1.94 bits per heavy atom. The second-order valence-corrected chi connectivity index (χ2v) is 5.53. The van der Waals surface area contributed by atoms with Gasteiger partial charge in [0.05, 0.1) is 0 Å². The van der Waals surface area contributed by atoms with Gasteiger partial charge in [-0.05, 0) is 38.1 Å². The summed E-state index contributed by atoms with van der Waals surface area (Å²) in [5, 5.41) is 4.65. The van der Waals surface area contributed by atoms with Crippen LogP contribution in [-0.2, 0) is 5.41 Å². The van der Waals surface area contributed by atoms with Crippen LogP contribution < -0.4 is 5.32 Å². The summed E-state index contributed by atoms with van der Waals surface area (Å²) in [4.78, 5) is 0. The van der Waals surface area contributed by atoms with Crippen molar-refractivity contribution >= 4 is 11.0 Å². The van der Waals surface area contributed by atoms with E-state index < -0.39 is 0 Å². The van der Waals surface area contributed by atoms with E-state index in [2.05, 4.69) is 44.3 Å². The van der Waals surface area contributed by atoms with Crippen molar-refractivity contribution in [3.63, 3.8) is 0 Å². The fourth-order valence-electron chi connectivity index (χ4n) is 2.14. The highest BCUT2D eigenvalue weighted by molar-refractivity contribution is 5.77. The first-order chi connectivity index (χ1) is 8.63. The third-order valence-corrected chi connectivity index (χ3v) is 3.45. The molecule has 0 saturated heterocycles. The largest absolute Gasteiger partial charge is 0.461 e. The topological polar surface area (TPSA) is 25.2 Å². The standard InChI is InChI=1S/C16H23NO/c1-4-10-17-11-9-16(2,3)15-12-13-7-5-6-8-14(13)18-15/h5-8,12,17H,4,9-11H2,1-3H3. The van der Waals surface area contributed by atoms with Crippen molar-refractivity contribution < 1.29 is 4.42 Å². The van der Waals surface area contributed by atoms with Gasteiger partial charge in [-0.25, -0.2) is 0 Å². The van der Waals surface area contributed by atoms with E-state index in [1.807, 2.05) is 12.1 Å². The van der Waals surface area contributed by atoms with Crippen LogP contribution in [0.4, 0.5) is 0 Å². The van der Waals surface area contributed by atoms with Gasteiger partial charge < -0.3 is 9.73 Å². The van der Waals surface area contributed by atoms with Gasteiger partial charge in [0.1, 0.15) is 11.3 Å². The molecule has 0 amide bonds. The van der Waals surface area contributed by atoms with Gasteiger partial charge >= 0.3 is 0 Å². The van der Waals surface area contributed by atoms with Gasteiger partial charge in [0.25, 0.3) is 0 Å². The molecule has 0 aliphatic carbocycles. The molecule has 98 valence electrons. The van der Waals surface area contributed by atoms with Crippen LogP contribution in [0, 0.1) is 0 Å². The lowest BCUT2D eigenvalue weighted by Crippen LogP contribution is -2.25. The van der Waals surface area contributed by atoms with Crippen LogP contribution in [0.15, 0.2) is 34.7 Å². The van der Waals surface area contributed by atoms with Gasteiger partial charge in [0.15, 0.2) is 0 Å². The Balaban J connectivity index is 2.08. The van der Waals surface area contributed by atoms with E-state index in [1.165, 1.54) is 11.8 Å². The summed E-state index contributed by atoms with van der Waals surface area (Å²) < 4.78 is 5.96. The number of para-hydroxylation sites is 1. The average Bonchev–Trinajstić information content (AvgIpc) is 2.79. The molecule has 1 aromatic heterocycles. The smallest absolute Gasteiger partial charge is 0.134 e. The lowest BCUT2D eigenvalue weighted by atomic mass is 9.86. The van der Waals surface area contributed by atoms with Crippen molar-refractivity contribution in [2.24, 2.45) is 0 Å². The lowest BCUT2D eigenvalue weighted by Gasteiger charge is -2.22. The van der Waals surface area contributed by atoms with E-state index >= 15 is 0 Å². The van der Waals surface area contributed by atoms with Crippen LogP contribution in [0.1, 0.15) is 39.4 Å². The Bertz CT molecular complexity index is 466. The molecular formula is C16H23NO. The Hall–Kier alpha value is -1.28. The minimum absolute atomic E-state index is 0.0831. The molecule has 0 unspecified atom stereocenters. The van der Waals surface area contributed by atoms with Crippen molar-refractivity contribution in [3.05, 3.63) is 36.1 Å². The maximum atomic E-state index is 5.96. The minimum Gasteiger partial charge on any atom is -0.461 e. The second-order valence-electron chi connectivity index (χ2n) is 5.53. The number of hydrogen-bond acceptors (Lipinski definition) is 2. The molecule has 1 aromatic carbocycles. The van der Waals surface area contributed by atoms with Gasteiger partial charge in [-0.3, -0.25) is 0 Å². The third kappa shape index (κ3) is 2.94. The highest BCUT2D eigenvalue weighted by Crippen LogP contribution is 2.31. The average molecular weight is 245 g/mol. The van der Waals surface area contributed by atoms with Crippen LogP contribution in [-0.4, -0.2) is 13.1 Å². The molecule has 0 spiro atoms. The Morgan fingerprint density at radius 3 is 2.67 bits per heavy atom. The minimum atomic E-state index is 0.0831. The van der Waals surface area contributed by atoms with Crippen LogP contribution in [0.2, 0.25) is 0 Å². The van der Waals surface area contributed by atoms with Crippen LogP contribution >= 0.6 is 0 Å². The zero-order valence-electron chi connectivity index (χ0n) is 11.6. The maximum absolute atomic E-state index is 5.96. The molecule has 1 N–H and O–H groups in total. The number of furan rings is 1. The number of fused-ring (bicyclic) bond motifs is 1. The van der Waals surface area contributed by atoms with Crippen molar-refractivity contribution in [2.45, 2.75) is 39.0 Å². The van der Waals surface area contributed by atoms with E-state index in [0.717, 1.165) is 30.9 Å². The summed E-state index contributed by atoms with van der Waals surface area (Å²) in [6.07, 6.45) is 2.28. The van der Waals surface area contributed by atoms with Crippen molar-refractivity contribution in [1.82, 2.24) is 5.32 Å². The fourth-order valence-corrected chi connectivity index (χ4v) is 2.14. The third-order valence-electron chi connectivity index (χ3n) is 3.45. The number of benzene rings is 1. The summed E-state index contributed by atoms with van der Waals surface area (Å²) in [6.45, 7) is 8.82. The highest BCUT2D eigenvalue weighted by Gasteiger charge is 2.24. The summed E-state index contributed by atoms with van der Waals surface area (Å²) in [7, 11) is 0. The molecule has 2 aromatic rings. The van der Waals surface area contributed by atoms with Gasteiger partial charge in [0, 0.05) is 10.8 Å². The summed E-state index contributed by atoms with van der Waals surface area (Å²) >= 11 is 0. The highest BCUT2D eigenvalue weighted by atomic mass is 16.3. The predicted molar refractivity (Wildman–Crippen MR) is 77.0 cm³/mol. The zero-order chi connectivity index (χ0) is 13.0. The first-order valence-corrected chi connectivity index (χ1v) is 6.83. The normalized spacial score (nSPS) is 12.2. The second kappa shape index (κ2) is 5.57. The molecule has 0 aliphatic rings. The summed E-state index contributed by atoms with van der Waals surface area (Å²) in [5.41, 5.74) is 1.07. The monoisotopic (exact) mass is 245 g/mol. The number of rotatable bonds is 6. The SMILES string of the molecule is CCCNCCC(C)(C)c1cc2ccccc2o1. The van der Waals surface area contributed by atoms with E-state index in [9.17, 15) is 0 Å². The van der Waals surface area contributed by atoms with E-state index in [-0.39, 0.29) is 5.41 Å². The lowest BCUT2D eigenvalue weighted by molar-refractivity contribution is 0.371. The Labute approximate surface area is 109 Å². The van der Waals surface area contributed by atoms with Crippen LogP contribution in [0.25, 0.3) is 11.0 Å². The summed E-state index contributed by atoms with van der Waals surface area (Å²) in [5.74, 6) is 1.09. The van der Waals surface area contributed by atoms with Crippen molar-refractivity contribution in [3.8, 4) is 0 Å². The molecule has 1 heterocycles. The van der Waals surface area contributed by atoms with Crippen LogP contribution in [0.5, 0.6) is 0 Å². The molecule has 0 aliphatic heterocycles. The molecule has 2 heteroatoms. The van der Waals surface area contributed by atoms with Crippen LogP contribution in [0.3, 0.4) is 0 Å². The van der Waals surface area contributed by atoms with E-state index in [1.54, 1.807) is 0 Å². The number of nitrogens with one attached hydrogen (secondary N) is 1. The predicted octanol–water partition coefficient (Wildman–Crippen LogP) is 4.10. The van der Waals surface area contributed by atoms with Gasteiger partial charge in [-0.1, -0.05) is 39.0 Å². The first kappa shape index (κ1) is 13.2. The molecule has 2 nitrogen and oxygen atoms in total. The zero-order valence-corrected chi connectivity index (χ0v) is 11.6. The molecule has 2 rings (SSSR count). The number of hydrogen-bond donors (Lipinski definition) is 1. The fraction of sp³-hybridized carbons (Fsp3) is 0.500. The van der Waals surface area contributed by atoms with Crippen molar-refractivity contribution in [2.75, 3.05) is 13.1 Å². The quantitative estimate of drug-likeness (QED) is 0.775. The molecule has 0 saturated carbocycles. The maximum Gasteiger partial charge on any atom is 0.134 e.